The molecular weight excluding hydrogens is 476 g/mol. The van der Waals surface area contributed by atoms with Crippen LogP contribution in [-0.2, 0) is 6.42 Å². The number of hydrogen-bond donors (Lipinski definition) is 3. The number of alkyl halides is 3. The molecule has 1 aliphatic rings. The van der Waals surface area contributed by atoms with E-state index in [9.17, 15) is 18.3 Å². The topological polar surface area (TPSA) is 73.4 Å². The van der Waals surface area contributed by atoms with Gasteiger partial charge in [-0.05, 0) is 44.9 Å². The Balaban J connectivity index is 1.75. The minimum absolute atomic E-state index is 0.207. The number of nitrogens with zero attached hydrogens (tertiary/aromatic N) is 2. The summed E-state index contributed by atoms with van der Waals surface area (Å²) in [6, 6.07) is 6.45. The van der Waals surface area contributed by atoms with Crippen LogP contribution in [-0.4, -0.2) is 71.5 Å². The Bertz CT molecular complexity index is 1190. The number of aromatic amines is 1. The molecule has 1 aliphatic heterocycles. The summed E-state index contributed by atoms with van der Waals surface area (Å²) < 4.78 is 62.5. The third-order valence-corrected chi connectivity index (χ3v) is 6.72. The van der Waals surface area contributed by atoms with E-state index in [2.05, 4.69) is 15.3 Å². The number of pyridine rings is 1. The summed E-state index contributed by atoms with van der Waals surface area (Å²) in [5, 5.41) is 13.3. The Labute approximate surface area is 207 Å². The van der Waals surface area contributed by atoms with Gasteiger partial charge in [0.05, 0.1) is 25.5 Å². The number of halogens is 4. The molecule has 0 aliphatic carbocycles. The van der Waals surface area contributed by atoms with Crippen molar-refractivity contribution in [1.29, 1.82) is 0 Å². The highest BCUT2D eigenvalue weighted by atomic mass is 19.3. The minimum atomic E-state index is -3.36. The van der Waals surface area contributed by atoms with Crippen molar-refractivity contribution in [3.63, 3.8) is 0 Å². The molecule has 4 rings (SSSR count). The van der Waals surface area contributed by atoms with Gasteiger partial charge in [0.25, 0.3) is 5.92 Å². The first-order valence-corrected chi connectivity index (χ1v) is 12.2. The van der Waals surface area contributed by atoms with E-state index < -0.39 is 37.6 Å². The number of rotatable bonds is 11. The van der Waals surface area contributed by atoms with Crippen LogP contribution in [0.2, 0.25) is 0 Å². The SMILES string of the molecule is Cc1c(OCCNCCCF)ncc(F)c1[C@@H]1c2[nH]c3ccccc3c2C[C@@H](C)N1CC(F)(F)CO. The van der Waals surface area contributed by atoms with Gasteiger partial charge in [0, 0.05) is 40.3 Å². The summed E-state index contributed by atoms with van der Waals surface area (Å²) in [6.07, 6.45) is 1.95. The second kappa shape index (κ2) is 11.1. The highest BCUT2D eigenvalue weighted by Gasteiger charge is 2.43. The number of benzene rings is 1. The summed E-state index contributed by atoms with van der Waals surface area (Å²) in [5.74, 6) is -3.77. The molecule has 0 radical (unpaired) electrons. The van der Waals surface area contributed by atoms with Crippen LogP contribution in [0.4, 0.5) is 17.6 Å². The Kier molecular flexibility index (Phi) is 8.17. The fourth-order valence-corrected chi connectivity index (χ4v) is 4.98. The average Bonchev–Trinajstić information content (AvgIpc) is 3.22. The van der Waals surface area contributed by atoms with Crippen molar-refractivity contribution in [3.8, 4) is 5.88 Å². The van der Waals surface area contributed by atoms with Crippen LogP contribution in [0.25, 0.3) is 10.9 Å². The lowest BCUT2D eigenvalue weighted by atomic mass is 9.87. The number of fused-ring (bicyclic) bond motifs is 3. The Hall–Kier alpha value is -2.69. The largest absolute Gasteiger partial charge is 0.476 e. The third kappa shape index (κ3) is 5.35. The molecule has 1 aromatic carbocycles. The molecule has 2 aromatic heterocycles. The smallest absolute Gasteiger partial charge is 0.283 e. The van der Waals surface area contributed by atoms with E-state index in [4.69, 9.17) is 4.74 Å². The molecule has 0 bridgehead atoms. The Morgan fingerprint density at radius 3 is 2.81 bits per heavy atom. The van der Waals surface area contributed by atoms with Crippen molar-refractivity contribution in [1.82, 2.24) is 20.2 Å². The monoisotopic (exact) mass is 508 g/mol. The predicted molar refractivity (Wildman–Crippen MR) is 130 cm³/mol. The fraction of sp³-hybridized carbons (Fsp3) is 0.500. The van der Waals surface area contributed by atoms with E-state index in [1.54, 1.807) is 11.8 Å². The zero-order valence-corrected chi connectivity index (χ0v) is 20.5. The lowest BCUT2D eigenvalue weighted by Crippen LogP contribution is -2.49. The van der Waals surface area contributed by atoms with Gasteiger partial charge in [-0.1, -0.05) is 18.2 Å². The molecule has 0 spiro atoms. The third-order valence-electron chi connectivity index (χ3n) is 6.72. The van der Waals surface area contributed by atoms with Crippen LogP contribution in [0.1, 0.15) is 41.8 Å². The number of para-hydroxylation sites is 1. The first kappa shape index (κ1) is 26.4. The van der Waals surface area contributed by atoms with E-state index in [-0.39, 0.29) is 24.1 Å². The highest BCUT2D eigenvalue weighted by Crippen LogP contribution is 2.44. The molecule has 0 unspecified atom stereocenters. The van der Waals surface area contributed by atoms with Crippen molar-refractivity contribution in [2.75, 3.05) is 39.5 Å². The summed E-state index contributed by atoms with van der Waals surface area (Å²) in [4.78, 5) is 8.99. The van der Waals surface area contributed by atoms with E-state index in [0.29, 0.717) is 37.2 Å². The first-order chi connectivity index (χ1) is 17.3. The molecule has 0 saturated heterocycles. The van der Waals surface area contributed by atoms with Gasteiger partial charge in [0.15, 0.2) is 0 Å². The first-order valence-electron chi connectivity index (χ1n) is 12.2. The van der Waals surface area contributed by atoms with Crippen LogP contribution in [0.15, 0.2) is 30.5 Å². The number of aliphatic hydroxyl groups is 1. The molecule has 10 heteroatoms. The predicted octanol–water partition coefficient (Wildman–Crippen LogP) is 4.30. The zero-order valence-electron chi connectivity index (χ0n) is 20.5. The summed E-state index contributed by atoms with van der Waals surface area (Å²) in [7, 11) is 0. The van der Waals surface area contributed by atoms with Gasteiger partial charge in [0.2, 0.25) is 5.88 Å². The van der Waals surface area contributed by atoms with E-state index in [0.717, 1.165) is 22.7 Å². The summed E-state index contributed by atoms with van der Waals surface area (Å²) >= 11 is 0. The normalized spacial score (nSPS) is 18.5. The van der Waals surface area contributed by atoms with Crippen molar-refractivity contribution >= 4 is 10.9 Å². The lowest BCUT2D eigenvalue weighted by molar-refractivity contribution is -0.0867. The summed E-state index contributed by atoms with van der Waals surface area (Å²) in [5.41, 5.74) is 3.08. The number of H-pyrrole nitrogens is 1. The van der Waals surface area contributed by atoms with Gasteiger partial charge in [-0.3, -0.25) is 9.29 Å². The standard InChI is InChI=1S/C26H32F4N4O2/c1-16-12-19-18-6-3-4-7-21(18)33-23(19)24(34(16)14-26(29,30)15-35)22-17(2)25(32-13-20(22)28)36-11-10-31-9-5-8-27/h3-4,6-7,13,16,24,31,33,35H,5,8-12,14-15H2,1-2H3/t16-,24-/m1/s1. The second-order valence-electron chi connectivity index (χ2n) is 9.30. The quantitative estimate of drug-likeness (QED) is 0.266. The highest BCUT2D eigenvalue weighted by molar-refractivity contribution is 5.85. The van der Waals surface area contributed by atoms with Crippen LogP contribution < -0.4 is 10.1 Å². The molecule has 3 heterocycles. The molecule has 3 aromatic rings. The fourth-order valence-electron chi connectivity index (χ4n) is 4.98. The van der Waals surface area contributed by atoms with Gasteiger partial charge in [-0.25, -0.2) is 18.2 Å². The molecule has 0 amide bonds. The molecule has 6 nitrogen and oxygen atoms in total. The number of aliphatic hydroxyl groups excluding tert-OH is 1. The van der Waals surface area contributed by atoms with Gasteiger partial charge >= 0.3 is 0 Å². The van der Waals surface area contributed by atoms with Gasteiger partial charge in [-0.2, -0.15) is 0 Å². The van der Waals surface area contributed by atoms with Crippen molar-refractivity contribution in [2.24, 2.45) is 0 Å². The van der Waals surface area contributed by atoms with E-state index >= 15 is 4.39 Å². The van der Waals surface area contributed by atoms with Crippen molar-refractivity contribution < 1.29 is 27.4 Å². The average molecular weight is 509 g/mol. The van der Waals surface area contributed by atoms with Crippen molar-refractivity contribution in [2.45, 2.75) is 44.7 Å². The molecule has 2 atom stereocenters. The zero-order chi connectivity index (χ0) is 25.9. The molecule has 36 heavy (non-hydrogen) atoms. The van der Waals surface area contributed by atoms with Crippen LogP contribution in [0, 0.1) is 12.7 Å². The number of nitrogens with one attached hydrogen (secondary N) is 2. The number of ether oxygens (including phenoxy) is 1. The minimum Gasteiger partial charge on any atom is -0.476 e. The van der Waals surface area contributed by atoms with E-state index in [1.165, 1.54) is 0 Å². The number of hydrogen-bond acceptors (Lipinski definition) is 5. The molecule has 0 fully saturated rings. The van der Waals surface area contributed by atoms with E-state index in [1.807, 2.05) is 31.2 Å². The Morgan fingerprint density at radius 1 is 1.28 bits per heavy atom. The maximum absolute atomic E-state index is 15.5. The Morgan fingerprint density at radius 2 is 2.06 bits per heavy atom. The van der Waals surface area contributed by atoms with Crippen LogP contribution in [0.3, 0.4) is 0 Å². The van der Waals surface area contributed by atoms with Gasteiger partial charge in [-0.15, -0.1) is 0 Å². The molecule has 0 saturated carbocycles. The van der Waals surface area contributed by atoms with Crippen LogP contribution >= 0.6 is 0 Å². The maximum atomic E-state index is 15.5. The van der Waals surface area contributed by atoms with Crippen LogP contribution in [0.5, 0.6) is 5.88 Å². The maximum Gasteiger partial charge on any atom is 0.283 e. The molecule has 3 N–H and O–H groups in total. The van der Waals surface area contributed by atoms with Crippen molar-refractivity contribution in [3.05, 3.63) is 58.7 Å². The second-order valence-corrected chi connectivity index (χ2v) is 9.30. The van der Waals surface area contributed by atoms with Gasteiger partial charge in [0.1, 0.15) is 19.0 Å². The molecular formula is C26H32F4N4O2. The molecule has 196 valence electrons. The van der Waals surface area contributed by atoms with Gasteiger partial charge < -0.3 is 20.1 Å². The lowest BCUT2D eigenvalue weighted by Gasteiger charge is -2.42. The summed E-state index contributed by atoms with van der Waals surface area (Å²) in [6.45, 7) is 2.26. The number of aromatic nitrogens is 2.